The molecule has 0 spiro atoms. The molecule has 86 valence electrons. The molecular weight excluding hydrogens is 216 g/mol. The summed E-state index contributed by atoms with van der Waals surface area (Å²) in [6.45, 7) is 4.53. The van der Waals surface area contributed by atoms with Gasteiger partial charge in [0.1, 0.15) is 5.69 Å². The van der Waals surface area contributed by atoms with Gasteiger partial charge in [0.2, 0.25) is 0 Å². The van der Waals surface area contributed by atoms with Gasteiger partial charge in [0.25, 0.3) is 0 Å². The lowest BCUT2D eigenvalue weighted by atomic mass is 10.4. The van der Waals surface area contributed by atoms with Gasteiger partial charge in [-0.1, -0.05) is 5.21 Å². The highest BCUT2D eigenvalue weighted by Crippen LogP contribution is 2.11. The first kappa shape index (κ1) is 9.95. The van der Waals surface area contributed by atoms with Crippen LogP contribution in [0.3, 0.4) is 0 Å². The van der Waals surface area contributed by atoms with Crippen LogP contribution < -0.4 is 0 Å². The summed E-state index contributed by atoms with van der Waals surface area (Å²) in [4.78, 5) is 8.99. The van der Waals surface area contributed by atoms with Gasteiger partial charge in [-0.25, -0.2) is 9.67 Å². The molecule has 0 bridgehead atoms. The van der Waals surface area contributed by atoms with E-state index in [0.717, 1.165) is 22.7 Å². The van der Waals surface area contributed by atoms with Gasteiger partial charge in [-0.2, -0.15) is 0 Å². The summed E-state index contributed by atoms with van der Waals surface area (Å²) in [7, 11) is 0. The molecule has 0 fully saturated rings. The van der Waals surface area contributed by atoms with Crippen molar-refractivity contribution in [2.45, 2.75) is 20.4 Å². The molecule has 0 saturated heterocycles. The van der Waals surface area contributed by atoms with Crippen LogP contribution in [0.2, 0.25) is 0 Å². The summed E-state index contributed by atoms with van der Waals surface area (Å²) in [5, 5.41) is 7.73. The summed E-state index contributed by atoms with van der Waals surface area (Å²) in [6, 6.07) is 0. The molecule has 3 heterocycles. The van der Waals surface area contributed by atoms with Crippen molar-refractivity contribution in [2.24, 2.45) is 0 Å². The Hall–Kier alpha value is -2.24. The highest BCUT2D eigenvalue weighted by atomic mass is 15.4. The number of hydrogen-bond acceptors (Lipinski definition) is 4. The lowest BCUT2D eigenvalue weighted by molar-refractivity contribution is 0.637. The normalized spacial score (nSPS) is 11.2. The van der Waals surface area contributed by atoms with Crippen molar-refractivity contribution >= 4 is 5.65 Å². The van der Waals surface area contributed by atoms with E-state index in [1.807, 2.05) is 36.8 Å². The first-order chi connectivity index (χ1) is 8.22. The Labute approximate surface area is 97.9 Å². The Morgan fingerprint density at radius 3 is 2.59 bits per heavy atom. The molecular formula is C11H12N6. The van der Waals surface area contributed by atoms with Crippen molar-refractivity contribution < 1.29 is 0 Å². The van der Waals surface area contributed by atoms with Crippen molar-refractivity contribution in [2.75, 3.05) is 0 Å². The van der Waals surface area contributed by atoms with Gasteiger partial charge < -0.3 is 4.40 Å². The molecule has 0 saturated carbocycles. The zero-order valence-electron chi connectivity index (χ0n) is 9.70. The van der Waals surface area contributed by atoms with E-state index in [-0.39, 0.29) is 0 Å². The van der Waals surface area contributed by atoms with Crippen molar-refractivity contribution in [3.63, 3.8) is 0 Å². The molecule has 0 amide bonds. The largest absolute Gasteiger partial charge is 0.303 e. The number of aryl methyl sites for hydroxylation is 2. The fourth-order valence-corrected chi connectivity index (χ4v) is 1.90. The first-order valence-electron chi connectivity index (χ1n) is 5.38. The number of fused-ring (bicyclic) bond motifs is 1. The monoisotopic (exact) mass is 228 g/mol. The molecule has 0 aliphatic carbocycles. The lowest BCUT2D eigenvalue weighted by Gasteiger charge is -2.04. The first-order valence-corrected chi connectivity index (χ1v) is 5.38. The fraction of sp³-hybridized carbons (Fsp3) is 0.273. The fourth-order valence-electron chi connectivity index (χ4n) is 1.90. The van der Waals surface area contributed by atoms with Gasteiger partial charge in [0.05, 0.1) is 24.1 Å². The Morgan fingerprint density at radius 1 is 1.12 bits per heavy atom. The minimum absolute atomic E-state index is 0.585. The van der Waals surface area contributed by atoms with E-state index in [1.54, 1.807) is 10.9 Å². The molecule has 0 N–H and O–H groups in total. The number of nitrogens with zero attached hydrogens (tertiary/aromatic N) is 6. The SMILES string of the molecule is Cc1cn2cc(C)nc2c(Cn2ccnn2)n1. The van der Waals surface area contributed by atoms with Crippen molar-refractivity contribution in [1.82, 2.24) is 29.4 Å². The molecule has 0 unspecified atom stereocenters. The standard InChI is InChI=1S/C11H12N6/c1-8-5-16-6-9(2)14-11(16)10(13-8)7-17-4-3-12-15-17/h3-6H,7H2,1-2H3. The average molecular weight is 228 g/mol. The molecule has 0 radical (unpaired) electrons. The van der Waals surface area contributed by atoms with Crippen LogP contribution in [0.4, 0.5) is 0 Å². The Bertz CT molecular complexity index is 652. The average Bonchev–Trinajstić information content (AvgIpc) is 2.86. The molecule has 0 atom stereocenters. The summed E-state index contributed by atoms with van der Waals surface area (Å²) < 4.78 is 3.75. The van der Waals surface area contributed by atoms with Gasteiger partial charge in [-0.05, 0) is 13.8 Å². The number of aromatic nitrogens is 6. The maximum absolute atomic E-state index is 4.52. The molecule has 3 aromatic heterocycles. The van der Waals surface area contributed by atoms with Gasteiger partial charge >= 0.3 is 0 Å². The molecule has 0 aromatic carbocycles. The van der Waals surface area contributed by atoms with Crippen LogP contribution in [0.1, 0.15) is 17.1 Å². The van der Waals surface area contributed by atoms with E-state index in [0.29, 0.717) is 6.54 Å². The molecule has 3 aromatic rings. The van der Waals surface area contributed by atoms with Crippen LogP contribution in [0.25, 0.3) is 5.65 Å². The van der Waals surface area contributed by atoms with Gasteiger partial charge in [-0.15, -0.1) is 5.10 Å². The van der Waals surface area contributed by atoms with E-state index >= 15 is 0 Å². The predicted molar refractivity (Wildman–Crippen MR) is 61.6 cm³/mol. The highest BCUT2D eigenvalue weighted by molar-refractivity contribution is 5.45. The zero-order valence-corrected chi connectivity index (χ0v) is 9.70. The highest BCUT2D eigenvalue weighted by Gasteiger charge is 2.08. The van der Waals surface area contributed by atoms with Crippen LogP contribution in [0.15, 0.2) is 24.8 Å². The van der Waals surface area contributed by atoms with E-state index in [2.05, 4.69) is 20.3 Å². The second-order valence-corrected chi connectivity index (χ2v) is 4.04. The van der Waals surface area contributed by atoms with Gasteiger partial charge in [0.15, 0.2) is 5.65 Å². The van der Waals surface area contributed by atoms with E-state index < -0.39 is 0 Å². The predicted octanol–water partition coefficient (Wildman–Crippen LogP) is 0.986. The number of imidazole rings is 1. The maximum atomic E-state index is 4.52. The van der Waals surface area contributed by atoms with E-state index in [1.165, 1.54) is 0 Å². The van der Waals surface area contributed by atoms with Crippen molar-refractivity contribution in [1.29, 1.82) is 0 Å². The zero-order chi connectivity index (χ0) is 11.8. The molecule has 0 aliphatic heterocycles. The third-order valence-electron chi connectivity index (χ3n) is 2.53. The molecule has 6 nitrogen and oxygen atoms in total. The third-order valence-corrected chi connectivity index (χ3v) is 2.53. The number of rotatable bonds is 2. The van der Waals surface area contributed by atoms with Crippen LogP contribution >= 0.6 is 0 Å². The third kappa shape index (κ3) is 1.77. The minimum Gasteiger partial charge on any atom is -0.303 e. The lowest BCUT2D eigenvalue weighted by Crippen LogP contribution is -2.06. The van der Waals surface area contributed by atoms with E-state index in [9.17, 15) is 0 Å². The molecule has 17 heavy (non-hydrogen) atoms. The van der Waals surface area contributed by atoms with Crippen LogP contribution in [-0.4, -0.2) is 29.4 Å². The molecule has 0 aliphatic rings. The maximum Gasteiger partial charge on any atom is 0.160 e. The quantitative estimate of drug-likeness (QED) is 0.656. The Balaban J connectivity index is 2.14. The topological polar surface area (TPSA) is 60.9 Å². The smallest absolute Gasteiger partial charge is 0.160 e. The summed E-state index contributed by atoms with van der Waals surface area (Å²) >= 11 is 0. The minimum atomic E-state index is 0.585. The van der Waals surface area contributed by atoms with Gasteiger partial charge in [0, 0.05) is 18.6 Å². The Kier molecular flexibility index (Phi) is 2.14. The second kappa shape index (κ2) is 3.65. The van der Waals surface area contributed by atoms with Crippen molar-refractivity contribution in [3.05, 3.63) is 41.9 Å². The second-order valence-electron chi connectivity index (χ2n) is 4.04. The molecule has 3 rings (SSSR count). The molecule has 6 heteroatoms. The van der Waals surface area contributed by atoms with Crippen LogP contribution in [0.5, 0.6) is 0 Å². The van der Waals surface area contributed by atoms with Crippen LogP contribution in [0, 0.1) is 13.8 Å². The van der Waals surface area contributed by atoms with Crippen LogP contribution in [-0.2, 0) is 6.54 Å². The van der Waals surface area contributed by atoms with Crippen molar-refractivity contribution in [3.8, 4) is 0 Å². The summed E-state index contributed by atoms with van der Waals surface area (Å²) in [5.41, 5.74) is 3.73. The number of hydrogen-bond donors (Lipinski definition) is 0. The summed E-state index contributed by atoms with van der Waals surface area (Å²) in [6.07, 6.45) is 7.44. The Morgan fingerprint density at radius 2 is 1.88 bits per heavy atom. The van der Waals surface area contributed by atoms with Gasteiger partial charge in [-0.3, -0.25) is 4.98 Å². The summed E-state index contributed by atoms with van der Waals surface area (Å²) in [5.74, 6) is 0. The van der Waals surface area contributed by atoms with E-state index in [4.69, 9.17) is 0 Å².